The van der Waals surface area contributed by atoms with Crippen molar-refractivity contribution in [3.8, 4) is 0 Å². The number of carbonyl (C=O) groups excluding carboxylic acids is 1. The molecule has 0 aliphatic heterocycles. The standard InChI is InChI=1S/C19H20N4O2/c1-18(2,25)14-4-3-11-23-16(14)21-22-17(23)19(9-10-19)13-7-5-12(6-8-13)15(20)24/h3-8,11,25H,9-10H2,1-2H3,(H2,20,24). The van der Waals surface area contributed by atoms with E-state index in [1.165, 1.54) is 0 Å². The Morgan fingerprint density at radius 1 is 1.20 bits per heavy atom. The molecule has 0 spiro atoms. The van der Waals surface area contributed by atoms with Gasteiger partial charge in [-0.05, 0) is 50.5 Å². The van der Waals surface area contributed by atoms with Crippen LogP contribution in [0, 0.1) is 0 Å². The van der Waals surface area contributed by atoms with Crippen LogP contribution < -0.4 is 5.73 Å². The highest BCUT2D eigenvalue weighted by Crippen LogP contribution is 2.52. The number of carbonyl (C=O) groups is 1. The van der Waals surface area contributed by atoms with E-state index in [2.05, 4.69) is 10.2 Å². The third-order valence-corrected chi connectivity index (χ3v) is 4.99. The van der Waals surface area contributed by atoms with Gasteiger partial charge in [0.2, 0.25) is 5.91 Å². The smallest absolute Gasteiger partial charge is 0.248 e. The zero-order valence-electron chi connectivity index (χ0n) is 14.2. The number of pyridine rings is 1. The topological polar surface area (TPSA) is 93.5 Å². The summed E-state index contributed by atoms with van der Waals surface area (Å²) < 4.78 is 1.96. The van der Waals surface area contributed by atoms with Crippen LogP contribution >= 0.6 is 0 Å². The van der Waals surface area contributed by atoms with E-state index in [-0.39, 0.29) is 5.41 Å². The molecule has 1 fully saturated rings. The summed E-state index contributed by atoms with van der Waals surface area (Å²) >= 11 is 0. The lowest BCUT2D eigenvalue weighted by atomic mass is 9.93. The summed E-state index contributed by atoms with van der Waals surface area (Å²) in [5.41, 5.74) is 7.14. The summed E-state index contributed by atoms with van der Waals surface area (Å²) in [4.78, 5) is 11.3. The first-order valence-corrected chi connectivity index (χ1v) is 8.30. The molecule has 1 saturated carbocycles. The molecule has 3 N–H and O–H groups in total. The molecule has 0 atom stereocenters. The monoisotopic (exact) mass is 336 g/mol. The number of amides is 1. The van der Waals surface area contributed by atoms with Crippen LogP contribution in [-0.2, 0) is 11.0 Å². The Labute approximate surface area is 145 Å². The molecule has 6 heteroatoms. The van der Waals surface area contributed by atoms with Gasteiger partial charge in [-0.3, -0.25) is 9.20 Å². The average Bonchev–Trinajstić information content (AvgIpc) is 3.26. The second-order valence-corrected chi connectivity index (χ2v) is 7.22. The third kappa shape index (κ3) is 2.41. The number of fused-ring (bicyclic) bond motifs is 1. The van der Waals surface area contributed by atoms with Gasteiger partial charge in [0.05, 0.1) is 11.0 Å². The highest BCUT2D eigenvalue weighted by Gasteiger charge is 2.49. The molecule has 6 nitrogen and oxygen atoms in total. The molecule has 2 aromatic heterocycles. The summed E-state index contributed by atoms with van der Waals surface area (Å²) in [6.07, 6.45) is 3.87. The molecular formula is C19H20N4O2. The van der Waals surface area contributed by atoms with Crippen LogP contribution in [0.4, 0.5) is 0 Å². The van der Waals surface area contributed by atoms with E-state index in [9.17, 15) is 9.90 Å². The van der Waals surface area contributed by atoms with E-state index in [1.807, 2.05) is 34.9 Å². The predicted molar refractivity (Wildman–Crippen MR) is 93.2 cm³/mol. The molecule has 0 unspecified atom stereocenters. The molecule has 1 aromatic carbocycles. The molecule has 3 aromatic rings. The second-order valence-electron chi connectivity index (χ2n) is 7.22. The highest BCUT2D eigenvalue weighted by molar-refractivity contribution is 5.92. The van der Waals surface area contributed by atoms with E-state index in [0.29, 0.717) is 11.2 Å². The molecule has 128 valence electrons. The number of rotatable bonds is 4. The number of hydrogen-bond donors (Lipinski definition) is 2. The third-order valence-electron chi connectivity index (χ3n) is 4.99. The summed E-state index contributed by atoms with van der Waals surface area (Å²) in [7, 11) is 0. The van der Waals surface area contributed by atoms with Gasteiger partial charge in [0.15, 0.2) is 5.65 Å². The lowest BCUT2D eigenvalue weighted by molar-refractivity contribution is 0.0796. The van der Waals surface area contributed by atoms with Gasteiger partial charge in [-0.25, -0.2) is 0 Å². The second kappa shape index (κ2) is 5.13. The van der Waals surface area contributed by atoms with Gasteiger partial charge in [-0.1, -0.05) is 18.2 Å². The van der Waals surface area contributed by atoms with Crippen molar-refractivity contribution in [2.45, 2.75) is 37.7 Å². The van der Waals surface area contributed by atoms with E-state index in [4.69, 9.17) is 5.73 Å². The van der Waals surface area contributed by atoms with Crippen molar-refractivity contribution >= 4 is 11.6 Å². The van der Waals surface area contributed by atoms with E-state index in [0.717, 1.165) is 29.8 Å². The average molecular weight is 336 g/mol. The first-order chi connectivity index (χ1) is 11.8. The van der Waals surface area contributed by atoms with Crippen molar-refractivity contribution in [3.05, 3.63) is 65.1 Å². The maximum absolute atomic E-state index is 11.3. The van der Waals surface area contributed by atoms with Crippen LogP contribution in [0.3, 0.4) is 0 Å². The fourth-order valence-corrected chi connectivity index (χ4v) is 3.44. The number of hydrogen-bond acceptors (Lipinski definition) is 4. The van der Waals surface area contributed by atoms with Gasteiger partial charge < -0.3 is 10.8 Å². The fraction of sp³-hybridized carbons (Fsp3) is 0.316. The summed E-state index contributed by atoms with van der Waals surface area (Å²) in [6.45, 7) is 3.48. The van der Waals surface area contributed by atoms with Crippen molar-refractivity contribution < 1.29 is 9.90 Å². The summed E-state index contributed by atoms with van der Waals surface area (Å²) in [6, 6.07) is 11.2. The van der Waals surface area contributed by atoms with Crippen molar-refractivity contribution in [1.82, 2.24) is 14.6 Å². The first-order valence-electron chi connectivity index (χ1n) is 8.30. The van der Waals surface area contributed by atoms with E-state index in [1.54, 1.807) is 26.0 Å². The van der Waals surface area contributed by atoms with Crippen LogP contribution in [0.2, 0.25) is 0 Å². The molecule has 0 radical (unpaired) electrons. The van der Waals surface area contributed by atoms with Crippen molar-refractivity contribution in [2.24, 2.45) is 5.73 Å². The molecule has 1 aliphatic rings. The Morgan fingerprint density at radius 3 is 2.44 bits per heavy atom. The predicted octanol–water partition coefficient (Wildman–Crippen LogP) is 2.14. The number of aromatic nitrogens is 3. The Morgan fingerprint density at radius 2 is 1.88 bits per heavy atom. The van der Waals surface area contributed by atoms with Crippen LogP contribution in [0.15, 0.2) is 42.6 Å². The number of nitrogens with zero attached hydrogens (tertiary/aromatic N) is 3. The molecule has 4 rings (SSSR count). The number of aliphatic hydroxyl groups is 1. The van der Waals surface area contributed by atoms with Crippen LogP contribution in [0.5, 0.6) is 0 Å². The Balaban J connectivity index is 1.83. The molecule has 1 aliphatic carbocycles. The zero-order valence-corrected chi connectivity index (χ0v) is 14.2. The Hall–Kier alpha value is -2.73. The van der Waals surface area contributed by atoms with Gasteiger partial charge >= 0.3 is 0 Å². The van der Waals surface area contributed by atoms with Crippen molar-refractivity contribution in [3.63, 3.8) is 0 Å². The molecular weight excluding hydrogens is 316 g/mol. The van der Waals surface area contributed by atoms with Gasteiger partial charge in [0, 0.05) is 17.3 Å². The van der Waals surface area contributed by atoms with E-state index >= 15 is 0 Å². The maximum Gasteiger partial charge on any atom is 0.248 e. The number of nitrogens with two attached hydrogens (primary N) is 1. The first kappa shape index (κ1) is 15.8. The fourth-order valence-electron chi connectivity index (χ4n) is 3.44. The normalized spacial score (nSPS) is 16.1. The number of primary amides is 1. The van der Waals surface area contributed by atoms with Crippen LogP contribution in [0.25, 0.3) is 5.65 Å². The molecule has 25 heavy (non-hydrogen) atoms. The summed E-state index contributed by atoms with van der Waals surface area (Å²) in [5.74, 6) is 0.430. The lowest BCUT2D eigenvalue weighted by Gasteiger charge is -2.19. The van der Waals surface area contributed by atoms with Gasteiger partial charge in [-0.2, -0.15) is 0 Å². The number of benzene rings is 1. The van der Waals surface area contributed by atoms with Gasteiger partial charge in [0.25, 0.3) is 0 Å². The molecule has 1 amide bonds. The van der Waals surface area contributed by atoms with Gasteiger partial charge in [-0.15, -0.1) is 10.2 Å². The quantitative estimate of drug-likeness (QED) is 0.763. The zero-order chi connectivity index (χ0) is 17.8. The SMILES string of the molecule is CC(C)(O)c1cccn2c(C3(c4ccc(C(N)=O)cc4)CC3)nnc12. The minimum Gasteiger partial charge on any atom is -0.386 e. The lowest BCUT2D eigenvalue weighted by Crippen LogP contribution is -2.18. The minimum atomic E-state index is -0.993. The minimum absolute atomic E-state index is 0.201. The Bertz CT molecular complexity index is 963. The summed E-state index contributed by atoms with van der Waals surface area (Å²) in [5, 5.41) is 19.2. The van der Waals surface area contributed by atoms with Crippen LogP contribution in [0.1, 0.15) is 54.0 Å². The largest absolute Gasteiger partial charge is 0.386 e. The van der Waals surface area contributed by atoms with Crippen molar-refractivity contribution in [2.75, 3.05) is 0 Å². The molecule has 2 heterocycles. The Kier molecular flexibility index (Phi) is 3.24. The van der Waals surface area contributed by atoms with Crippen molar-refractivity contribution in [1.29, 1.82) is 0 Å². The molecule has 0 saturated heterocycles. The molecule has 0 bridgehead atoms. The highest BCUT2D eigenvalue weighted by atomic mass is 16.3. The van der Waals surface area contributed by atoms with Gasteiger partial charge in [0.1, 0.15) is 5.82 Å². The van der Waals surface area contributed by atoms with E-state index < -0.39 is 11.5 Å². The van der Waals surface area contributed by atoms with Crippen LogP contribution in [-0.4, -0.2) is 25.6 Å². The maximum atomic E-state index is 11.3.